The SMILES string of the molecule is CC1NCCC1CN(C)CC1CC2CCC1C2. The van der Waals surface area contributed by atoms with Crippen LogP contribution in [-0.2, 0) is 0 Å². The van der Waals surface area contributed by atoms with Gasteiger partial charge in [-0.2, -0.15) is 0 Å². The number of nitrogens with zero attached hydrogens (tertiary/aromatic N) is 1. The zero-order valence-electron chi connectivity index (χ0n) is 11.5. The molecule has 0 spiro atoms. The lowest BCUT2D eigenvalue weighted by Crippen LogP contribution is -2.36. The lowest BCUT2D eigenvalue weighted by atomic mass is 9.88. The van der Waals surface area contributed by atoms with Crippen LogP contribution < -0.4 is 5.32 Å². The van der Waals surface area contributed by atoms with Crippen LogP contribution in [0.1, 0.15) is 39.0 Å². The Kier molecular flexibility index (Phi) is 3.45. The molecule has 1 heterocycles. The van der Waals surface area contributed by atoms with Gasteiger partial charge >= 0.3 is 0 Å². The van der Waals surface area contributed by atoms with E-state index in [0.717, 1.165) is 29.7 Å². The van der Waals surface area contributed by atoms with Crippen LogP contribution in [0.5, 0.6) is 0 Å². The van der Waals surface area contributed by atoms with Gasteiger partial charge in [0.15, 0.2) is 0 Å². The fourth-order valence-electron chi connectivity index (χ4n) is 4.64. The van der Waals surface area contributed by atoms with Gasteiger partial charge in [-0.05, 0) is 69.9 Å². The first-order chi connectivity index (χ1) is 8.22. The highest BCUT2D eigenvalue weighted by molar-refractivity contribution is 4.91. The van der Waals surface area contributed by atoms with E-state index in [1.165, 1.54) is 45.3 Å². The fourth-order valence-corrected chi connectivity index (χ4v) is 4.64. The van der Waals surface area contributed by atoms with Crippen LogP contribution in [0.3, 0.4) is 0 Å². The molecule has 1 saturated heterocycles. The smallest absolute Gasteiger partial charge is 0.00796 e. The van der Waals surface area contributed by atoms with Crippen molar-refractivity contribution in [3.05, 3.63) is 0 Å². The van der Waals surface area contributed by atoms with Gasteiger partial charge in [-0.15, -0.1) is 0 Å². The molecule has 0 aromatic heterocycles. The molecule has 2 heteroatoms. The van der Waals surface area contributed by atoms with E-state index in [4.69, 9.17) is 0 Å². The minimum absolute atomic E-state index is 0.734. The van der Waals surface area contributed by atoms with Crippen LogP contribution >= 0.6 is 0 Å². The molecule has 3 aliphatic rings. The molecule has 3 rings (SSSR count). The minimum atomic E-state index is 0.734. The molecular formula is C15H28N2. The molecule has 2 saturated carbocycles. The van der Waals surface area contributed by atoms with Crippen molar-refractivity contribution in [2.45, 2.75) is 45.1 Å². The van der Waals surface area contributed by atoms with E-state index >= 15 is 0 Å². The van der Waals surface area contributed by atoms with Crippen molar-refractivity contribution >= 4 is 0 Å². The molecule has 2 aliphatic carbocycles. The molecule has 1 N–H and O–H groups in total. The van der Waals surface area contributed by atoms with Crippen molar-refractivity contribution in [2.75, 3.05) is 26.7 Å². The largest absolute Gasteiger partial charge is 0.314 e. The Morgan fingerprint density at radius 1 is 1.06 bits per heavy atom. The average Bonchev–Trinajstić information content (AvgIpc) is 2.96. The summed E-state index contributed by atoms with van der Waals surface area (Å²) in [6, 6.07) is 0.734. The maximum atomic E-state index is 3.57. The molecule has 0 aromatic rings. The third kappa shape index (κ3) is 2.53. The molecule has 3 fully saturated rings. The second-order valence-corrected chi connectivity index (χ2v) is 6.95. The lowest BCUT2D eigenvalue weighted by molar-refractivity contribution is 0.193. The van der Waals surface area contributed by atoms with Crippen LogP contribution in [0.25, 0.3) is 0 Å². The number of hydrogen-bond donors (Lipinski definition) is 1. The first kappa shape index (κ1) is 12.0. The van der Waals surface area contributed by atoms with Crippen molar-refractivity contribution in [3.63, 3.8) is 0 Å². The van der Waals surface area contributed by atoms with Crippen LogP contribution in [0.15, 0.2) is 0 Å². The van der Waals surface area contributed by atoms with Crippen molar-refractivity contribution < 1.29 is 0 Å². The Labute approximate surface area is 106 Å². The highest BCUT2D eigenvalue weighted by Crippen LogP contribution is 2.48. The average molecular weight is 236 g/mol. The first-order valence-corrected chi connectivity index (χ1v) is 7.64. The number of nitrogens with one attached hydrogen (secondary N) is 1. The molecule has 0 amide bonds. The van der Waals surface area contributed by atoms with Gasteiger partial charge in [-0.1, -0.05) is 6.42 Å². The molecule has 0 aromatic carbocycles. The monoisotopic (exact) mass is 236 g/mol. The van der Waals surface area contributed by atoms with Crippen LogP contribution in [0.4, 0.5) is 0 Å². The Balaban J connectivity index is 1.45. The van der Waals surface area contributed by atoms with E-state index in [1.807, 2.05) is 0 Å². The van der Waals surface area contributed by atoms with Crippen LogP contribution in [0.2, 0.25) is 0 Å². The van der Waals surface area contributed by atoms with E-state index in [0.29, 0.717) is 0 Å². The highest BCUT2D eigenvalue weighted by atomic mass is 15.1. The Morgan fingerprint density at radius 3 is 2.47 bits per heavy atom. The fraction of sp³-hybridized carbons (Fsp3) is 1.00. The second kappa shape index (κ2) is 4.89. The zero-order valence-corrected chi connectivity index (χ0v) is 11.5. The molecule has 5 unspecified atom stereocenters. The predicted molar refractivity (Wildman–Crippen MR) is 72.0 cm³/mol. The van der Waals surface area contributed by atoms with Gasteiger partial charge in [-0.3, -0.25) is 0 Å². The summed E-state index contributed by atoms with van der Waals surface area (Å²) in [6.45, 7) is 6.25. The molecular weight excluding hydrogens is 208 g/mol. The second-order valence-electron chi connectivity index (χ2n) is 6.95. The van der Waals surface area contributed by atoms with E-state index in [-0.39, 0.29) is 0 Å². The highest BCUT2D eigenvalue weighted by Gasteiger charge is 2.39. The van der Waals surface area contributed by atoms with Gasteiger partial charge in [0.25, 0.3) is 0 Å². The standard InChI is InChI=1S/C15H28N2/c1-11-14(5-6-16-11)9-17(2)10-15-8-12-3-4-13(15)7-12/h11-16H,3-10H2,1-2H3. The normalized spacial score (nSPS) is 45.0. The number of fused-ring (bicyclic) bond motifs is 2. The summed E-state index contributed by atoms with van der Waals surface area (Å²) in [5, 5.41) is 3.57. The maximum absolute atomic E-state index is 3.57. The van der Waals surface area contributed by atoms with E-state index in [2.05, 4.69) is 24.2 Å². The number of rotatable bonds is 4. The topological polar surface area (TPSA) is 15.3 Å². The van der Waals surface area contributed by atoms with Crippen molar-refractivity contribution in [1.29, 1.82) is 0 Å². The summed E-state index contributed by atoms with van der Waals surface area (Å²) >= 11 is 0. The van der Waals surface area contributed by atoms with Crippen molar-refractivity contribution in [2.24, 2.45) is 23.7 Å². The van der Waals surface area contributed by atoms with Gasteiger partial charge < -0.3 is 10.2 Å². The summed E-state index contributed by atoms with van der Waals surface area (Å²) in [4.78, 5) is 2.62. The molecule has 1 aliphatic heterocycles. The minimum Gasteiger partial charge on any atom is -0.314 e. The number of hydrogen-bond acceptors (Lipinski definition) is 2. The van der Waals surface area contributed by atoms with Crippen LogP contribution in [-0.4, -0.2) is 37.6 Å². The first-order valence-electron chi connectivity index (χ1n) is 7.64. The van der Waals surface area contributed by atoms with Crippen molar-refractivity contribution in [3.8, 4) is 0 Å². The molecule has 98 valence electrons. The summed E-state index contributed by atoms with van der Waals surface area (Å²) in [6.07, 6.45) is 7.54. The summed E-state index contributed by atoms with van der Waals surface area (Å²) in [5.74, 6) is 4.11. The van der Waals surface area contributed by atoms with E-state index in [1.54, 1.807) is 6.42 Å². The predicted octanol–water partition coefficient (Wildman–Crippen LogP) is 2.35. The summed E-state index contributed by atoms with van der Waals surface area (Å²) < 4.78 is 0. The third-order valence-corrected chi connectivity index (χ3v) is 5.67. The van der Waals surface area contributed by atoms with Gasteiger partial charge in [0.2, 0.25) is 0 Å². The Bertz CT molecular complexity index is 266. The summed E-state index contributed by atoms with van der Waals surface area (Å²) in [7, 11) is 2.34. The van der Waals surface area contributed by atoms with Crippen LogP contribution in [0, 0.1) is 23.7 Å². The maximum Gasteiger partial charge on any atom is 0.00796 e. The summed E-state index contributed by atoms with van der Waals surface area (Å²) in [5.41, 5.74) is 0. The zero-order chi connectivity index (χ0) is 11.8. The molecule has 5 atom stereocenters. The van der Waals surface area contributed by atoms with Gasteiger partial charge in [0.05, 0.1) is 0 Å². The van der Waals surface area contributed by atoms with Gasteiger partial charge in [-0.25, -0.2) is 0 Å². The Morgan fingerprint density at radius 2 is 1.88 bits per heavy atom. The molecule has 0 radical (unpaired) electrons. The van der Waals surface area contributed by atoms with Gasteiger partial charge in [0, 0.05) is 19.1 Å². The van der Waals surface area contributed by atoms with E-state index < -0.39 is 0 Å². The van der Waals surface area contributed by atoms with E-state index in [9.17, 15) is 0 Å². The van der Waals surface area contributed by atoms with Crippen molar-refractivity contribution in [1.82, 2.24) is 10.2 Å². The molecule has 2 nitrogen and oxygen atoms in total. The quantitative estimate of drug-likeness (QED) is 0.806. The molecule has 2 bridgehead atoms. The van der Waals surface area contributed by atoms with Gasteiger partial charge in [0.1, 0.15) is 0 Å². The molecule has 17 heavy (non-hydrogen) atoms. The third-order valence-electron chi connectivity index (χ3n) is 5.67. The lowest BCUT2D eigenvalue weighted by Gasteiger charge is -2.29. The Hall–Kier alpha value is -0.0800.